The largest absolute Gasteiger partial charge is 0.476 e. The monoisotopic (exact) mass is 161 g/mol. The molecule has 1 atom stereocenters. The van der Waals surface area contributed by atoms with E-state index in [1.807, 2.05) is 0 Å². The molecule has 0 aromatic heterocycles. The minimum Gasteiger partial charge on any atom is -0.302 e. The average molecular weight is 161 g/mol. The van der Waals surface area contributed by atoms with E-state index in [0.29, 0.717) is 0 Å². The molecule has 0 aromatic rings. The molecule has 0 saturated carbocycles. The lowest BCUT2D eigenvalue weighted by Crippen LogP contribution is -1.83. The quantitative estimate of drug-likeness (QED) is 0.468. The fourth-order valence-corrected chi connectivity index (χ4v) is 1.05. The van der Waals surface area contributed by atoms with E-state index in [-0.39, 0.29) is 0 Å². The van der Waals surface area contributed by atoms with Crippen molar-refractivity contribution in [2.75, 3.05) is 0 Å². The standard InChI is InChI=1S/H5NO5P2/c1-7(2)6-8(3,4)5/h7H,(H2,1,2)(H2,3,4,5). The first-order valence-electron chi connectivity index (χ1n) is 1.46. The molecule has 6 nitrogen and oxygen atoms in total. The van der Waals surface area contributed by atoms with Crippen molar-refractivity contribution in [1.82, 2.24) is 0 Å². The van der Waals surface area contributed by atoms with Crippen molar-refractivity contribution in [3.05, 3.63) is 0 Å². The maximum Gasteiger partial charge on any atom is 0.476 e. The fraction of sp³-hybridized carbons (Fsp3) is 0. The van der Waals surface area contributed by atoms with Crippen LogP contribution in [0.4, 0.5) is 0 Å². The topological polar surface area (TPSA) is 110 Å². The Kier molecular flexibility index (Phi) is 2.83. The molecule has 0 spiro atoms. The number of rotatable bonds is 2. The Hall–Kier alpha value is 0.300. The maximum absolute atomic E-state index is 9.71. The van der Waals surface area contributed by atoms with Crippen LogP contribution < -0.4 is 5.50 Å². The van der Waals surface area contributed by atoms with E-state index < -0.39 is 16.0 Å². The molecule has 0 aliphatic rings. The SMILES string of the molecule is N[PH](=O)OP(=O)(O)O. The van der Waals surface area contributed by atoms with E-state index in [1.54, 1.807) is 0 Å². The summed E-state index contributed by atoms with van der Waals surface area (Å²) in [6.07, 6.45) is 0. The molecule has 8 heteroatoms. The Balaban J connectivity index is 3.74. The minimum absolute atomic E-state index is 3.01. The van der Waals surface area contributed by atoms with Crippen molar-refractivity contribution in [1.29, 1.82) is 0 Å². The maximum atomic E-state index is 9.71. The summed E-state index contributed by atoms with van der Waals surface area (Å²) in [6.45, 7) is 0. The van der Waals surface area contributed by atoms with Gasteiger partial charge in [-0.15, -0.1) is 0 Å². The van der Waals surface area contributed by atoms with Crippen LogP contribution in [-0.2, 0) is 13.4 Å². The number of nitrogens with two attached hydrogens (primary N) is 1. The smallest absolute Gasteiger partial charge is 0.302 e. The zero-order valence-corrected chi connectivity index (χ0v) is 5.54. The van der Waals surface area contributed by atoms with Crippen LogP contribution >= 0.6 is 16.0 Å². The molecule has 0 radical (unpaired) electrons. The van der Waals surface area contributed by atoms with Crippen molar-refractivity contribution in [2.24, 2.45) is 5.50 Å². The second-order valence-electron chi connectivity index (χ2n) is 0.901. The van der Waals surface area contributed by atoms with Crippen LogP contribution in [0.15, 0.2) is 0 Å². The average Bonchev–Trinajstić information content (AvgIpc) is 1.21. The number of hydrogen-bond donors (Lipinski definition) is 3. The van der Waals surface area contributed by atoms with E-state index in [4.69, 9.17) is 9.79 Å². The van der Waals surface area contributed by atoms with Gasteiger partial charge in [0.15, 0.2) is 0 Å². The van der Waals surface area contributed by atoms with Gasteiger partial charge in [-0.2, -0.15) is 0 Å². The van der Waals surface area contributed by atoms with E-state index >= 15 is 0 Å². The van der Waals surface area contributed by atoms with Crippen LogP contribution in [-0.4, -0.2) is 9.79 Å². The predicted octanol–water partition coefficient (Wildman–Crippen LogP) is -0.556. The van der Waals surface area contributed by atoms with Gasteiger partial charge in [0.1, 0.15) is 0 Å². The molecular weight excluding hydrogens is 156 g/mol. The lowest BCUT2D eigenvalue weighted by Gasteiger charge is -1.98. The zero-order chi connectivity index (χ0) is 6.78. The summed E-state index contributed by atoms with van der Waals surface area (Å²) in [5.41, 5.74) is 4.41. The van der Waals surface area contributed by atoms with E-state index in [1.165, 1.54) is 0 Å². The first-order valence-corrected chi connectivity index (χ1v) is 4.39. The van der Waals surface area contributed by atoms with Crippen LogP contribution in [0.25, 0.3) is 0 Å². The molecule has 0 rings (SSSR count). The van der Waals surface area contributed by atoms with Gasteiger partial charge in [-0.25, -0.2) is 8.88 Å². The number of phosphoric acid groups is 1. The molecule has 0 amide bonds. The molecule has 0 heterocycles. The summed E-state index contributed by atoms with van der Waals surface area (Å²) >= 11 is 0. The highest BCUT2D eigenvalue weighted by Gasteiger charge is 2.15. The summed E-state index contributed by atoms with van der Waals surface area (Å²) in [5, 5.41) is 0. The molecule has 0 aliphatic heterocycles. The molecule has 0 fully saturated rings. The Labute approximate surface area is 45.8 Å². The molecule has 8 heavy (non-hydrogen) atoms. The number of hydrogen-bond acceptors (Lipinski definition) is 3. The second kappa shape index (κ2) is 2.73. The zero-order valence-electron chi connectivity index (χ0n) is 3.64. The summed E-state index contributed by atoms with van der Waals surface area (Å²) in [5.74, 6) is 0. The van der Waals surface area contributed by atoms with Crippen LogP contribution in [0.2, 0.25) is 0 Å². The normalized spacial score (nSPS) is 15.9. The van der Waals surface area contributed by atoms with Crippen molar-refractivity contribution < 1.29 is 23.2 Å². The van der Waals surface area contributed by atoms with Gasteiger partial charge >= 0.3 is 7.82 Å². The summed E-state index contributed by atoms with van der Waals surface area (Å²) < 4.78 is 22.8. The van der Waals surface area contributed by atoms with Gasteiger partial charge in [0.05, 0.1) is 0 Å². The molecule has 4 N–H and O–H groups in total. The third-order valence-corrected chi connectivity index (χ3v) is 1.88. The molecule has 50 valence electrons. The van der Waals surface area contributed by atoms with Crippen molar-refractivity contribution >= 4 is 16.0 Å². The van der Waals surface area contributed by atoms with Crippen molar-refractivity contribution in [2.45, 2.75) is 0 Å². The summed E-state index contributed by atoms with van der Waals surface area (Å²) in [4.78, 5) is 15.6. The predicted molar refractivity (Wildman–Crippen MR) is 26.3 cm³/mol. The first kappa shape index (κ1) is 8.30. The van der Waals surface area contributed by atoms with Crippen LogP contribution in [0, 0.1) is 0 Å². The van der Waals surface area contributed by atoms with Crippen molar-refractivity contribution in [3.8, 4) is 0 Å². The van der Waals surface area contributed by atoms with Gasteiger partial charge < -0.3 is 9.79 Å². The van der Waals surface area contributed by atoms with Gasteiger partial charge in [-0.3, -0.25) is 10.1 Å². The third kappa shape index (κ3) is 6.30. The fourth-order valence-electron chi connectivity index (χ4n) is 0.117. The summed E-state index contributed by atoms with van der Waals surface area (Å²) in [6, 6.07) is 0. The van der Waals surface area contributed by atoms with E-state index in [0.717, 1.165) is 0 Å². The van der Waals surface area contributed by atoms with Gasteiger partial charge in [-0.1, -0.05) is 0 Å². The van der Waals surface area contributed by atoms with Crippen LogP contribution in [0.5, 0.6) is 0 Å². The Bertz CT molecular complexity index is 133. The Morgan fingerprint density at radius 1 is 1.62 bits per heavy atom. The molecular formula is H5NO5P2. The van der Waals surface area contributed by atoms with Gasteiger partial charge in [-0.05, 0) is 0 Å². The molecule has 0 saturated heterocycles. The first-order chi connectivity index (χ1) is 3.42. The lowest BCUT2D eigenvalue weighted by molar-refractivity contribution is 0.288. The highest BCUT2D eigenvalue weighted by atomic mass is 31.2. The van der Waals surface area contributed by atoms with Gasteiger partial charge in [0, 0.05) is 0 Å². The molecule has 0 bridgehead atoms. The highest BCUT2D eigenvalue weighted by Crippen LogP contribution is 2.43. The minimum atomic E-state index is -4.61. The van der Waals surface area contributed by atoms with Gasteiger partial charge in [0.2, 0.25) is 0 Å². The molecule has 0 aliphatic carbocycles. The summed E-state index contributed by atoms with van der Waals surface area (Å²) in [7, 11) is -7.62. The van der Waals surface area contributed by atoms with Crippen LogP contribution in [0.1, 0.15) is 0 Å². The molecule has 1 unspecified atom stereocenters. The second-order valence-corrected chi connectivity index (χ2v) is 3.25. The van der Waals surface area contributed by atoms with Crippen molar-refractivity contribution in [3.63, 3.8) is 0 Å². The van der Waals surface area contributed by atoms with E-state index in [2.05, 4.69) is 9.81 Å². The Morgan fingerprint density at radius 3 is 2.00 bits per heavy atom. The lowest BCUT2D eigenvalue weighted by atomic mass is 13.9. The highest BCUT2D eigenvalue weighted by molar-refractivity contribution is 7.56. The molecule has 0 aromatic carbocycles. The van der Waals surface area contributed by atoms with E-state index in [9.17, 15) is 9.13 Å². The van der Waals surface area contributed by atoms with Crippen LogP contribution in [0.3, 0.4) is 0 Å². The Morgan fingerprint density at radius 2 is 2.00 bits per heavy atom. The van der Waals surface area contributed by atoms with Gasteiger partial charge in [0.25, 0.3) is 8.18 Å². The third-order valence-electron chi connectivity index (χ3n) is 0.209.